The molecule has 0 saturated heterocycles. The molecule has 0 aliphatic carbocycles. The van der Waals surface area contributed by atoms with Gasteiger partial charge in [0, 0.05) is 27.2 Å². The zero-order valence-electron chi connectivity index (χ0n) is 19.2. The average molecular weight is 441 g/mol. The number of aromatic nitrogens is 2. The first-order valence-corrected chi connectivity index (χ1v) is 10.3. The molecule has 1 heterocycles. The number of methoxy groups -OCH3 is 2. The number of nitrogens with one attached hydrogen (secondary N) is 1. The van der Waals surface area contributed by atoms with E-state index in [4.69, 9.17) is 9.47 Å². The summed E-state index contributed by atoms with van der Waals surface area (Å²) in [6, 6.07) is 8.63. The number of amides is 1. The molecule has 9 heteroatoms. The molecular weight excluding hydrogens is 412 g/mol. The fraction of sp³-hybridized carbons (Fsp3) is 0.348. The maximum absolute atomic E-state index is 13.3. The van der Waals surface area contributed by atoms with Crippen molar-refractivity contribution < 1.29 is 14.3 Å². The zero-order chi connectivity index (χ0) is 23.6. The Morgan fingerprint density at radius 3 is 1.91 bits per heavy atom. The van der Waals surface area contributed by atoms with Gasteiger partial charge in [0.25, 0.3) is 5.91 Å². The average Bonchev–Trinajstić information content (AvgIpc) is 2.81. The normalized spacial score (nSPS) is 10.8. The van der Waals surface area contributed by atoms with Crippen molar-refractivity contribution >= 4 is 28.3 Å². The lowest BCUT2D eigenvalue weighted by molar-refractivity contribution is 0.102. The summed E-state index contributed by atoms with van der Waals surface area (Å²) >= 11 is 0. The third-order valence-electron chi connectivity index (χ3n) is 5.62. The van der Waals surface area contributed by atoms with Gasteiger partial charge in [-0.15, -0.1) is 0 Å². The van der Waals surface area contributed by atoms with Crippen molar-refractivity contribution in [3.63, 3.8) is 0 Å². The molecule has 0 unspecified atom stereocenters. The van der Waals surface area contributed by atoms with Gasteiger partial charge >= 0.3 is 11.1 Å². The lowest BCUT2D eigenvalue weighted by atomic mass is 10.1. The van der Waals surface area contributed by atoms with E-state index in [9.17, 15) is 14.4 Å². The summed E-state index contributed by atoms with van der Waals surface area (Å²) in [6.45, 7) is 5.37. The van der Waals surface area contributed by atoms with Crippen molar-refractivity contribution in [2.45, 2.75) is 13.8 Å². The van der Waals surface area contributed by atoms with Crippen LogP contribution in [0.1, 0.15) is 24.2 Å². The van der Waals surface area contributed by atoms with E-state index >= 15 is 0 Å². The van der Waals surface area contributed by atoms with E-state index in [1.54, 1.807) is 31.3 Å². The molecule has 0 saturated carbocycles. The summed E-state index contributed by atoms with van der Waals surface area (Å²) in [5, 5.41) is 2.95. The number of hydrogen-bond donors (Lipinski definition) is 1. The van der Waals surface area contributed by atoms with Gasteiger partial charge in [0.05, 0.1) is 36.6 Å². The molecule has 9 nitrogen and oxygen atoms in total. The number of hydrogen-bond acceptors (Lipinski definition) is 6. The fourth-order valence-electron chi connectivity index (χ4n) is 3.79. The monoisotopic (exact) mass is 440 g/mol. The summed E-state index contributed by atoms with van der Waals surface area (Å²) in [5.41, 5.74) is 1.37. The van der Waals surface area contributed by atoms with Crippen LogP contribution in [0.15, 0.2) is 39.9 Å². The topological polar surface area (TPSA) is 94.8 Å². The van der Waals surface area contributed by atoms with Crippen LogP contribution in [0.2, 0.25) is 0 Å². The fourth-order valence-corrected chi connectivity index (χ4v) is 3.79. The van der Waals surface area contributed by atoms with Gasteiger partial charge in [0.2, 0.25) is 0 Å². The van der Waals surface area contributed by atoms with E-state index < -0.39 is 17.0 Å². The molecule has 32 heavy (non-hydrogen) atoms. The Morgan fingerprint density at radius 1 is 0.938 bits per heavy atom. The second kappa shape index (κ2) is 9.17. The van der Waals surface area contributed by atoms with E-state index in [1.165, 1.54) is 30.4 Å². The van der Waals surface area contributed by atoms with Gasteiger partial charge in [-0.3, -0.25) is 14.4 Å². The lowest BCUT2D eigenvalue weighted by Crippen LogP contribution is -2.39. The van der Waals surface area contributed by atoms with Crippen molar-refractivity contribution in [3.05, 3.63) is 56.6 Å². The van der Waals surface area contributed by atoms with Crippen LogP contribution >= 0.6 is 0 Å². The van der Waals surface area contributed by atoms with Crippen molar-refractivity contribution in [3.8, 4) is 11.5 Å². The van der Waals surface area contributed by atoms with Crippen LogP contribution in [0.5, 0.6) is 11.5 Å². The Balaban J connectivity index is 2.26. The van der Waals surface area contributed by atoms with Crippen molar-refractivity contribution in [1.29, 1.82) is 0 Å². The Hall–Kier alpha value is -3.75. The molecule has 1 amide bonds. The summed E-state index contributed by atoms with van der Waals surface area (Å²) in [5.74, 6) is 0.338. The largest absolute Gasteiger partial charge is 0.496 e. The number of benzene rings is 2. The molecule has 0 aliphatic heterocycles. The third-order valence-corrected chi connectivity index (χ3v) is 5.62. The second-order valence-electron chi connectivity index (χ2n) is 7.25. The van der Waals surface area contributed by atoms with E-state index in [2.05, 4.69) is 10.2 Å². The summed E-state index contributed by atoms with van der Waals surface area (Å²) < 4.78 is 13.4. The third kappa shape index (κ3) is 3.81. The molecule has 3 aromatic rings. The Bertz CT molecular complexity index is 1270. The number of nitrogens with zero attached hydrogens (tertiary/aromatic N) is 3. The number of carbonyl (C=O) groups excluding carboxylic acids is 1. The van der Waals surface area contributed by atoms with Crippen LogP contribution in [-0.4, -0.2) is 42.4 Å². The van der Waals surface area contributed by atoms with Gasteiger partial charge in [-0.25, -0.2) is 0 Å². The highest BCUT2D eigenvalue weighted by Crippen LogP contribution is 2.33. The van der Waals surface area contributed by atoms with Gasteiger partial charge in [-0.05, 0) is 38.1 Å². The molecule has 1 aromatic heterocycles. The highest BCUT2D eigenvalue weighted by Gasteiger charge is 2.22. The van der Waals surface area contributed by atoms with Crippen LogP contribution < -0.4 is 30.8 Å². The number of ether oxygens (including phenoxy) is 2. The number of anilines is 2. The maximum atomic E-state index is 13.3. The molecular formula is C23H28N4O5. The Kier molecular flexibility index (Phi) is 6.57. The quantitative estimate of drug-likeness (QED) is 0.567. The van der Waals surface area contributed by atoms with Gasteiger partial charge in [0.1, 0.15) is 17.1 Å². The minimum atomic E-state index is -0.640. The smallest absolute Gasteiger partial charge is 0.316 e. The van der Waals surface area contributed by atoms with Gasteiger partial charge in [-0.1, -0.05) is 6.07 Å². The number of rotatable bonds is 7. The maximum Gasteiger partial charge on any atom is 0.316 e. The summed E-state index contributed by atoms with van der Waals surface area (Å²) in [4.78, 5) is 40.1. The second-order valence-corrected chi connectivity index (χ2v) is 7.25. The minimum Gasteiger partial charge on any atom is -0.496 e. The predicted molar refractivity (Wildman–Crippen MR) is 125 cm³/mol. The Morgan fingerprint density at radius 2 is 1.44 bits per heavy atom. The molecule has 0 aliphatic rings. The predicted octanol–water partition coefficient (Wildman–Crippen LogP) is 2.35. The molecule has 0 radical (unpaired) electrons. The van der Waals surface area contributed by atoms with E-state index in [1.807, 2.05) is 19.9 Å². The van der Waals surface area contributed by atoms with Crippen LogP contribution in [0.25, 0.3) is 11.0 Å². The first-order chi connectivity index (χ1) is 15.3. The van der Waals surface area contributed by atoms with E-state index in [-0.39, 0.29) is 5.56 Å². The molecule has 0 atom stereocenters. The van der Waals surface area contributed by atoms with E-state index in [0.29, 0.717) is 41.3 Å². The molecule has 2 aromatic carbocycles. The summed E-state index contributed by atoms with van der Waals surface area (Å²) in [6.07, 6.45) is 0. The first-order valence-electron chi connectivity index (χ1n) is 10.3. The van der Waals surface area contributed by atoms with Crippen LogP contribution in [0.3, 0.4) is 0 Å². The first kappa shape index (κ1) is 22.9. The zero-order valence-corrected chi connectivity index (χ0v) is 19.2. The van der Waals surface area contributed by atoms with Crippen molar-refractivity contribution in [2.24, 2.45) is 14.1 Å². The van der Waals surface area contributed by atoms with Gasteiger partial charge in [0.15, 0.2) is 0 Å². The molecule has 0 spiro atoms. The van der Waals surface area contributed by atoms with Crippen LogP contribution in [-0.2, 0) is 14.1 Å². The van der Waals surface area contributed by atoms with Gasteiger partial charge in [-0.2, -0.15) is 0 Å². The molecule has 1 N–H and O–H groups in total. The molecule has 0 bridgehead atoms. The number of carbonyl (C=O) groups is 1. The Labute approximate surface area is 185 Å². The van der Waals surface area contributed by atoms with Gasteiger partial charge < -0.3 is 28.8 Å². The lowest BCUT2D eigenvalue weighted by Gasteiger charge is -2.26. The highest BCUT2D eigenvalue weighted by atomic mass is 16.5. The summed E-state index contributed by atoms with van der Waals surface area (Å²) in [7, 11) is 6.08. The number of aryl methyl sites for hydroxylation is 2. The molecule has 3 rings (SSSR count). The molecule has 0 fully saturated rings. The van der Waals surface area contributed by atoms with Crippen molar-refractivity contribution in [1.82, 2.24) is 9.13 Å². The van der Waals surface area contributed by atoms with E-state index in [0.717, 1.165) is 5.69 Å². The SMILES string of the molecule is CCN(CC)c1cc2c(cc1NC(=O)c1c(OC)cccc1OC)n(C)c(=O)c(=O)n2C. The van der Waals surface area contributed by atoms with Crippen LogP contribution in [0, 0.1) is 0 Å². The standard InChI is InChI=1S/C23H28N4O5/c1-7-27(8-2)15-13-17-16(25(3)22(29)23(30)26(17)4)12-14(15)24-21(28)20-18(31-5)10-9-11-19(20)32-6/h9-13H,7-8H2,1-6H3,(H,24,28). The highest BCUT2D eigenvalue weighted by molar-refractivity contribution is 6.10. The minimum absolute atomic E-state index is 0.262. The molecule has 170 valence electrons. The number of fused-ring (bicyclic) bond motifs is 1. The van der Waals surface area contributed by atoms with Crippen LogP contribution in [0.4, 0.5) is 11.4 Å². The van der Waals surface area contributed by atoms with Crippen molar-refractivity contribution in [2.75, 3.05) is 37.5 Å².